The largest absolute Gasteiger partial charge is 0.346 e. The lowest BCUT2D eigenvalue weighted by atomic mass is 10.1. The summed E-state index contributed by atoms with van der Waals surface area (Å²) in [6.45, 7) is 22.5. The van der Waals surface area contributed by atoms with Crippen LogP contribution in [0.3, 0.4) is 0 Å². The third-order valence-electron chi connectivity index (χ3n) is 4.76. The normalized spacial score (nSPS) is 14.5. The van der Waals surface area contributed by atoms with Gasteiger partial charge in [0.05, 0.1) is 14.3 Å². The van der Waals surface area contributed by atoms with Crippen LogP contribution in [0.2, 0.25) is 0 Å². The molecule has 0 aromatic heterocycles. The van der Waals surface area contributed by atoms with Gasteiger partial charge in [-0.2, -0.15) is 0 Å². The molecule has 2 aromatic rings. The highest BCUT2D eigenvalue weighted by atomic mass is 32.2. The van der Waals surface area contributed by atoms with E-state index in [1.165, 1.54) is 32.9 Å². The Labute approximate surface area is 184 Å². The lowest BCUT2D eigenvalue weighted by molar-refractivity contribution is 0.227. The highest BCUT2D eigenvalue weighted by Gasteiger charge is 2.30. The summed E-state index contributed by atoms with van der Waals surface area (Å²) in [5.41, 5.74) is 5.21. The Bertz CT molecular complexity index is 730. The first-order chi connectivity index (χ1) is 13.4. The maximum Gasteiger partial charge on any atom is 0.0922 e. The van der Waals surface area contributed by atoms with Gasteiger partial charge in [-0.25, -0.2) is 0 Å². The third kappa shape index (κ3) is 7.42. The van der Waals surface area contributed by atoms with Crippen molar-refractivity contribution >= 4 is 30.5 Å². The van der Waals surface area contributed by atoms with Crippen LogP contribution >= 0.6 is 19.9 Å². The molecule has 0 unspecified atom stereocenters. The molecule has 0 N–H and O–H groups in total. The topological polar surface area (TPSA) is 9.23 Å². The fourth-order valence-corrected chi connectivity index (χ4v) is 7.52. The molecule has 0 radical (unpaired) electrons. The SMILES string of the molecule is Cc1cc(C)cc(P(O[C@@H](C)[C@H](SC(C)(C)C)C(C)C)c2cc(C)cc(C)c2)c1. The van der Waals surface area contributed by atoms with Gasteiger partial charge in [0.2, 0.25) is 0 Å². The molecule has 2 rings (SSSR count). The van der Waals surface area contributed by atoms with E-state index in [0.29, 0.717) is 11.2 Å². The van der Waals surface area contributed by atoms with Gasteiger partial charge in [-0.15, -0.1) is 11.8 Å². The number of thioether (sulfide) groups is 1. The smallest absolute Gasteiger partial charge is 0.0922 e. The monoisotopic (exact) mass is 430 g/mol. The standard InChI is InChI=1S/C26H39OPS/c1-17(2)25(29-26(8,9)10)22(7)27-28(23-13-18(3)11-19(4)14-23)24-15-20(5)12-21(6)16-24/h11-17,22,25H,1-10H3/t22-,25+/m0/s1. The summed E-state index contributed by atoms with van der Waals surface area (Å²) in [6, 6.07) is 13.7. The Balaban J connectivity index is 2.46. The van der Waals surface area contributed by atoms with Crippen molar-refractivity contribution in [2.24, 2.45) is 5.92 Å². The van der Waals surface area contributed by atoms with Crippen molar-refractivity contribution in [1.29, 1.82) is 0 Å². The van der Waals surface area contributed by atoms with Crippen LogP contribution in [0.1, 0.15) is 63.8 Å². The van der Waals surface area contributed by atoms with Crippen molar-refractivity contribution in [3.63, 3.8) is 0 Å². The van der Waals surface area contributed by atoms with Crippen LogP contribution in [0.25, 0.3) is 0 Å². The Kier molecular flexibility index (Phi) is 8.42. The zero-order valence-corrected chi connectivity index (χ0v) is 21.7. The van der Waals surface area contributed by atoms with Crippen molar-refractivity contribution in [1.82, 2.24) is 0 Å². The highest BCUT2D eigenvalue weighted by molar-refractivity contribution is 8.01. The highest BCUT2D eigenvalue weighted by Crippen LogP contribution is 2.43. The molecular formula is C26H39OPS. The van der Waals surface area contributed by atoms with E-state index in [4.69, 9.17) is 4.52 Å². The van der Waals surface area contributed by atoms with E-state index in [1.807, 2.05) is 11.8 Å². The Morgan fingerprint density at radius 2 is 1.10 bits per heavy atom. The predicted molar refractivity (Wildman–Crippen MR) is 135 cm³/mol. The number of aryl methyl sites for hydroxylation is 4. The average molecular weight is 431 g/mol. The van der Waals surface area contributed by atoms with Crippen LogP contribution in [0.4, 0.5) is 0 Å². The lowest BCUT2D eigenvalue weighted by Gasteiger charge is -2.35. The molecule has 0 aliphatic carbocycles. The molecule has 1 nitrogen and oxygen atoms in total. The second kappa shape index (κ2) is 9.99. The maximum atomic E-state index is 6.96. The van der Waals surface area contributed by atoms with E-state index in [-0.39, 0.29) is 10.9 Å². The van der Waals surface area contributed by atoms with Gasteiger partial charge in [-0.3, -0.25) is 0 Å². The van der Waals surface area contributed by atoms with E-state index in [2.05, 4.69) is 106 Å². The summed E-state index contributed by atoms with van der Waals surface area (Å²) >= 11 is 2.05. The molecule has 29 heavy (non-hydrogen) atoms. The first kappa shape index (κ1) is 24.4. The molecule has 160 valence electrons. The third-order valence-corrected chi connectivity index (χ3v) is 8.67. The van der Waals surface area contributed by atoms with Gasteiger partial charge in [0.25, 0.3) is 0 Å². The van der Waals surface area contributed by atoms with Crippen LogP contribution in [-0.4, -0.2) is 16.1 Å². The number of hydrogen-bond donors (Lipinski definition) is 0. The quantitative estimate of drug-likeness (QED) is 0.429. The first-order valence-corrected chi connectivity index (χ1v) is 12.8. The zero-order valence-electron chi connectivity index (χ0n) is 20.0. The molecule has 0 spiro atoms. The molecule has 3 heteroatoms. The van der Waals surface area contributed by atoms with Gasteiger partial charge >= 0.3 is 0 Å². The average Bonchev–Trinajstić information content (AvgIpc) is 2.54. The molecular weight excluding hydrogens is 391 g/mol. The number of hydrogen-bond acceptors (Lipinski definition) is 2. The number of benzene rings is 2. The summed E-state index contributed by atoms with van der Waals surface area (Å²) < 4.78 is 7.17. The fourth-order valence-electron chi connectivity index (χ4n) is 3.82. The van der Waals surface area contributed by atoms with Gasteiger partial charge in [0, 0.05) is 20.6 Å². The second-order valence-electron chi connectivity index (χ2n) is 9.74. The van der Waals surface area contributed by atoms with Crippen molar-refractivity contribution in [3.05, 3.63) is 58.7 Å². The molecule has 0 aliphatic heterocycles. The summed E-state index contributed by atoms with van der Waals surface area (Å²) in [7, 11) is -0.867. The van der Waals surface area contributed by atoms with Gasteiger partial charge in [0.15, 0.2) is 0 Å². The first-order valence-electron chi connectivity index (χ1n) is 10.7. The predicted octanol–water partition coefficient (Wildman–Crippen LogP) is 7.23. The molecule has 0 fully saturated rings. The van der Waals surface area contributed by atoms with Crippen molar-refractivity contribution in [2.75, 3.05) is 0 Å². The minimum Gasteiger partial charge on any atom is -0.346 e. The Hall–Kier alpha value is -0.820. The molecule has 0 amide bonds. The summed E-state index contributed by atoms with van der Waals surface area (Å²) in [5.74, 6) is 0.560. The van der Waals surface area contributed by atoms with Crippen LogP contribution in [-0.2, 0) is 4.52 Å². The summed E-state index contributed by atoms with van der Waals surface area (Å²) in [5, 5.41) is 3.09. The summed E-state index contributed by atoms with van der Waals surface area (Å²) in [4.78, 5) is 0. The minimum atomic E-state index is -0.867. The molecule has 2 aromatic carbocycles. The molecule has 0 saturated heterocycles. The van der Waals surface area contributed by atoms with E-state index < -0.39 is 8.15 Å². The molecule has 0 saturated carbocycles. The van der Waals surface area contributed by atoms with Crippen LogP contribution in [0.15, 0.2) is 36.4 Å². The molecule has 0 bridgehead atoms. The zero-order chi connectivity index (χ0) is 21.9. The van der Waals surface area contributed by atoms with Crippen molar-refractivity contribution in [2.45, 2.75) is 85.3 Å². The minimum absolute atomic E-state index is 0.173. The van der Waals surface area contributed by atoms with E-state index in [0.717, 1.165) is 0 Å². The van der Waals surface area contributed by atoms with Gasteiger partial charge in [0.1, 0.15) is 0 Å². The Morgan fingerprint density at radius 3 is 1.41 bits per heavy atom. The van der Waals surface area contributed by atoms with Gasteiger partial charge in [-0.05, 0) is 64.8 Å². The van der Waals surface area contributed by atoms with Gasteiger partial charge in [-0.1, -0.05) is 69.0 Å². The van der Waals surface area contributed by atoms with Crippen LogP contribution in [0, 0.1) is 33.6 Å². The fraction of sp³-hybridized carbons (Fsp3) is 0.538. The van der Waals surface area contributed by atoms with E-state index >= 15 is 0 Å². The van der Waals surface area contributed by atoms with Crippen molar-refractivity contribution < 1.29 is 4.52 Å². The number of rotatable bonds is 7. The summed E-state index contributed by atoms with van der Waals surface area (Å²) in [6.07, 6.45) is 0.173. The second-order valence-corrected chi connectivity index (χ2v) is 13.6. The van der Waals surface area contributed by atoms with Gasteiger partial charge < -0.3 is 4.52 Å². The Morgan fingerprint density at radius 1 is 0.724 bits per heavy atom. The molecule has 0 aliphatic rings. The lowest BCUT2D eigenvalue weighted by Crippen LogP contribution is -2.33. The van der Waals surface area contributed by atoms with Crippen LogP contribution in [0.5, 0.6) is 0 Å². The van der Waals surface area contributed by atoms with E-state index in [9.17, 15) is 0 Å². The van der Waals surface area contributed by atoms with Crippen LogP contribution < -0.4 is 10.6 Å². The maximum absolute atomic E-state index is 6.96. The molecule has 0 heterocycles. The van der Waals surface area contributed by atoms with Crippen molar-refractivity contribution in [3.8, 4) is 0 Å². The molecule has 2 atom stereocenters. The van der Waals surface area contributed by atoms with E-state index in [1.54, 1.807) is 0 Å².